The van der Waals surface area contributed by atoms with E-state index in [1.165, 1.54) is 17.8 Å². The minimum Gasteiger partial charge on any atom is -0.497 e. The number of aromatic nitrogens is 2. The first-order chi connectivity index (χ1) is 17.1. The van der Waals surface area contributed by atoms with E-state index in [2.05, 4.69) is 5.32 Å². The van der Waals surface area contributed by atoms with Crippen LogP contribution in [0.2, 0.25) is 0 Å². The van der Waals surface area contributed by atoms with Crippen LogP contribution in [0.5, 0.6) is 11.5 Å². The highest BCUT2D eigenvalue weighted by Gasteiger charge is 2.22. The molecule has 0 saturated carbocycles. The van der Waals surface area contributed by atoms with Gasteiger partial charge >= 0.3 is 0 Å². The number of nitrogens with zero attached hydrogens (tertiary/aromatic N) is 3. The number of piperidine rings is 1. The minimum atomic E-state index is -0.278. The fourth-order valence-corrected chi connectivity index (χ4v) is 5.08. The number of anilines is 1. The number of nitrogens with one attached hydrogen (secondary N) is 1. The lowest BCUT2D eigenvalue weighted by Crippen LogP contribution is -2.36. The molecule has 2 aromatic heterocycles. The van der Waals surface area contributed by atoms with Crippen LogP contribution in [0, 0.1) is 0 Å². The van der Waals surface area contributed by atoms with Crippen LogP contribution in [0.3, 0.4) is 0 Å². The summed E-state index contributed by atoms with van der Waals surface area (Å²) in [6.45, 7) is 1.61. The molecule has 2 amide bonds. The molecule has 0 unspecified atom stereocenters. The van der Waals surface area contributed by atoms with Gasteiger partial charge in [0.05, 0.1) is 19.9 Å². The lowest BCUT2D eigenvalue weighted by Gasteiger charge is -2.26. The summed E-state index contributed by atoms with van der Waals surface area (Å²) in [4.78, 5) is 33.3. The van der Waals surface area contributed by atoms with Crippen molar-refractivity contribution >= 4 is 33.8 Å². The molecule has 1 aliphatic rings. The van der Waals surface area contributed by atoms with Crippen molar-refractivity contribution in [3.8, 4) is 22.8 Å². The molecule has 1 fully saturated rings. The molecule has 3 heterocycles. The molecule has 0 atom stereocenters. The van der Waals surface area contributed by atoms with E-state index in [4.69, 9.17) is 14.5 Å². The van der Waals surface area contributed by atoms with Crippen LogP contribution in [0.25, 0.3) is 16.2 Å². The molecule has 0 aliphatic carbocycles. The Hall–Kier alpha value is -3.85. The summed E-state index contributed by atoms with van der Waals surface area (Å²) in [5, 5.41) is 4.81. The Morgan fingerprint density at radius 1 is 1.00 bits per heavy atom. The number of ether oxygens (including phenoxy) is 2. The second kappa shape index (κ2) is 9.79. The Bertz CT molecular complexity index is 1370. The van der Waals surface area contributed by atoms with Crippen molar-refractivity contribution in [2.75, 3.05) is 32.6 Å². The van der Waals surface area contributed by atoms with Gasteiger partial charge in [0.25, 0.3) is 11.8 Å². The first-order valence-corrected chi connectivity index (χ1v) is 12.3. The third-order valence-electron chi connectivity index (χ3n) is 6.10. The summed E-state index contributed by atoms with van der Waals surface area (Å²) < 4.78 is 12.4. The average Bonchev–Trinajstić information content (AvgIpc) is 3.50. The number of carbonyl (C=O) groups is 2. The van der Waals surface area contributed by atoms with Gasteiger partial charge in [-0.15, -0.1) is 11.3 Å². The number of methoxy groups -OCH3 is 2. The van der Waals surface area contributed by atoms with Crippen molar-refractivity contribution in [2.24, 2.45) is 0 Å². The summed E-state index contributed by atoms with van der Waals surface area (Å²) in [5.41, 5.74) is 3.29. The van der Waals surface area contributed by atoms with Crippen LogP contribution in [0.1, 0.15) is 40.1 Å². The first kappa shape index (κ1) is 22.9. The van der Waals surface area contributed by atoms with Crippen LogP contribution < -0.4 is 14.8 Å². The zero-order valence-electron chi connectivity index (χ0n) is 19.6. The van der Waals surface area contributed by atoms with Gasteiger partial charge in [-0.05, 0) is 43.5 Å². The lowest BCUT2D eigenvalue weighted by atomic mass is 10.1. The van der Waals surface area contributed by atoms with Crippen LogP contribution in [-0.4, -0.2) is 53.4 Å². The lowest BCUT2D eigenvalue weighted by molar-refractivity contribution is 0.0717. The van der Waals surface area contributed by atoms with Crippen LogP contribution >= 0.6 is 11.3 Å². The summed E-state index contributed by atoms with van der Waals surface area (Å²) in [6.07, 6.45) is 5.16. The fraction of sp³-hybridized carbons (Fsp3) is 0.269. The van der Waals surface area contributed by atoms with E-state index >= 15 is 0 Å². The van der Waals surface area contributed by atoms with Gasteiger partial charge in [-0.25, -0.2) is 4.98 Å². The van der Waals surface area contributed by atoms with E-state index in [1.807, 2.05) is 45.1 Å². The monoisotopic (exact) mass is 490 g/mol. The molecule has 2 aromatic carbocycles. The maximum atomic E-state index is 13.0. The van der Waals surface area contributed by atoms with E-state index in [0.717, 1.165) is 42.1 Å². The van der Waals surface area contributed by atoms with Gasteiger partial charge in [-0.2, -0.15) is 0 Å². The molecule has 0 bridgehead atoms. The third-order valence-corrected chi connectivity index (χ3v) is 6.94. The Balaban J connectivity index is 1.38. The molecule has 0 radical (unpaired) electrons. The largest absolute Gasteiger partial charge is 0.497 e. The van der Waals surface area contributed by atoms with Crippen molar-refractivity contribution in [1.82, 2.24) is 14.3 Å². The Labute approximate surface area is 207 Å². The van der Waals surface area contributed by atoms with E-state index in [1.54, 1.807) is 32.4 Å². The van der Waals surface area contributed by atoms with Crippen molar-refractivity contribution in [3.63, 3.8) is 0 Å². The highest BCUT2D eigenvalue weighted by molar-refractivity contribution is 7.15. The number of hydrogen-bond acceptors (Lipinski definition) is 6. The Morgan fingerprint density at radius 3 is 2.46 bits per heavy atom. The van der Waals surface area contributed by atoms with Gasteiger partial charge in [0.1, 0.15) is 17.2 Å². The summed E-state index contributed by atoms with van der Waals surface area (Å²) in [5.74, 6) is 0.849. The van der Waals surface area contributed by atoms with Gasteiger partial charge in [-0.3, -0.25) is 14.0 Å². The number of amides is 2. The number of thiazole rings is 1. The molecule has 35 heavy (non-hydrogen) atoms. The van der Waals surface area contributed by atoms with Crippen LogP contribution in [-0.2, 0) is 0 Å². The summed E-state index contributed by atoms with van der Waals surface area (Å²) >= 11 is 1.45. The molecule has 4 aromatic rings. The van der Waals surface area contributed by atoms with E-state index < -0.39 is 0 Å². The SMILES string of the molecule is COc1cc(OC)cc(C(=O)Nc2cccc(-c3cn4c(C(=O)N5CCCCC5)csc4n3)c2)c1. The van der Waals surface area contributed by atoms with Crippen molar-refractivity contribution in [2.45, 2.75) is 19.3 Å². The predicted octanol–water partition coefficient (Wildman–Crippen LogP) is 4.96. The van der Waals surface area contributed by atoms with Gasteiger partial charge in [0.2, 0.25) is 0 Å². The molecule has 1 aliphatic heterocycles. The molecule has 8 nitrogen and oxygen atoms in total. The van der Waals surface area contributed by atoms with Crippen LogP contribution in [0.15, 0.2) is 54.0 Å². The second-order valence-electron chi connectivity index (χ2n) is 8.39. The number of hydrogen-bond donors (Lipinski definition) is 1. The predicted molar refractivity (Wildman–Crippen MR) is 136 cm³/mol. The number of rotatable bonds is 6. The standard InChI is InChI=1S/C26H26N4O4S/c1-33-20-12-18(13-21(14-20)34-2)24(31)27-19-8-6-7-17(11-19)22-15-30-23(16-35-26(30)28-22)25(32)29-9-4-3-5-10-29/h6-8,11-16H,3-5,9-10H2,1-2H3,(H,27,31). The van der Waals surface area contributed by atoms with Crippen molar-refractivity contribution in [1.29, 1.82) is 0 Å². The van der Waals surface area contributed by atoms with E-state index in [0.29, 0.717) is 28.4 Å². The average molecular weight is 491 g/mol. The molecule has 1 saturated heterocycles. The van der Waals surface area contributed by atoms with Gasteiger partial charge < -0.3 is 19.7 Å². The Morgan fingerprint density at radius 2 is 1.74 bits per heavy atom. The highest BCUT2D eigenvalue weighted by Crippen LogP contribution is 2.28. The number of carbonyl (C=O) groups excluding carboxylic acids is 2. The quantitative estimate of drug-likeness (QED) is 0.413. The molecule has 9 heteroatoms. The van der Waals surface area contributed by atoms with Gasteiger partial charge in [0.15, 0.2) is 4.96 Å². The number of likely N-dealkylation sites (tertiary alicyclic amines) is 1. The summed E-state index contributed by atoms with van der Waals surface area (Å²) in [7, 11) is 3.09. The second-order valence-corrected chi connectivity index (χ2v) is 9.23. The molecular formula is C26H26N4O4S. The molecular weight excluding hydrogens is 464 g/mol. The summed E-state index contributed by atoms with van der Waals surface area (Å²) in [6, 6.07) is 12.5. The van der Waals surface area contributed by atoms with E-state index in [-0.39, 0.29) is 11.8 Å². The zero-order chi connectivity index (χ0) is 24.4. The van der Waals surface area contributed by atoms with Crippen molar-refractivity contribution in [3.05, 3.63) is 65.3 Å². The zero-order valence-corrected chi connectivity index (χ0v) is 20.4. The maximum Gasteiger partial charge on any atom is 0.271 e. The Kier molecular flexibility index (Phi) is 6.41. The number of imidazole rings is 1. The minimum absolute atomic E-state index is 0.0506. The topological polar surface area (TPSA) is 85.2 Å². The number of fused-ring (bicyclic) bond motifs is 1. The van der Waals surface area contributed by atoms with Gasteiger partial charge in [-0.1, -0.05) is 12.1 Å². The van der Waals surface area contributed by atoms with E-state index in [9.17, 15) is 9.59 Å². The molecule has 0 spiro atoms. The highest BCUT2D eigenvalue weighted by atomic mass is 32.1. The smallest absolute Gasteiger partial charge is 0.271 e. The van der Waals surface area contributed by atoms with Crippen molar-refractivity contribution < 1.29 is 19.1 Å². The van der Waals surface area contributed by atoms with Crippen LogP contribution in [0.4, 0.5) is 5.69 Å². The maximum absolute atomic E-state index is 13.0. The molecule has 5 rings (SSSR count). The molecule has 180 valence electrons. The molecule has 1 N–H and O–H groups in total. The normalized spacial score (nSPS) is 13.6. The fourth-order valence-electron chi connectivity index (χ4n) is 4.23. The third kappa shape index (κ3) is 4.72. The van der Waals surface area contributed by atoms with Gasteiger partial charge in [0, 0.05) is 47.5 Å². The first-order valence-electron chi connectivity index (χ1n) is 11.5. The number of benzene rings is 2.